The van der Waals surface area contributed by atoms with E-state index in [1.165, 1.54) is 16.3 Å². The molecule has 8 heteroatoms. The Balaban J connectivity index is 1.49. The number of nitrogens with zero attached hydrogens (tertiary/aromatic N) is 4. The maximum Gasteiger partial charge on any atom is 0.303 e. The highest BCUT2D eigenvalue weighted by Crippen LogP contribution is 2.29. The monoisotopic (exact) mass is 405 g/mol. The van der Waals surface area contributed by atoms with Gasteiger partial charge in [0.1, 0.15) is 5.75 Å². The van der Waals surface area contributed by atoms with E-state index >= 15 is 0 Å². The normalized spacial score (nSPS) is 15.0. The van der Waals surface area contributed by atoms with Crippen molar-refractivity contribution in [2.24, 2.45) is 10.2 Å². The predicted molar refractivity (Wildman–Crippen MR) is 117 cm³/mol. The van der Waals surface area contributed by atoms with Gasteiger partial charge in [-0.1, -0.05) is 30.3 Å². The standard InChI is InChI=1S/C21H19N5O2S/c1-3-28-17-11-9-16(10-12-17)23-24-19-14(2)25-26(20(19)27)21-22-18(13-29-21)15-7-5-4-6-8-15/h4-13,23H,3H2,1-2H3. The molecule has 0 radical (unpaired) electrons. The van der Waals surface area contributed by atoms with Crippen molar-refractivity contribution < 1.29 is 9.53 Å². The fourth-order valence-corrected chi connectivity index (χ4v) is 3.55. The minimum atomic E-state index is -0.310. The molecule has 1 aromatic heterocycles. The molecule has 2 heterocycles. The lowest BCUT2D eigenvalue weighted by Crippen LogP contribution is -2.27. The number of hydrazone groups is 2. The Morgan fingerprint density at radius 2 is 1.90 bits per heavy atom. The quantitative estimate of drug-likeness (QED) is 0.617. The van der Waals surface area contributed by atoms with Gasteiger partial charge in [0.15, 0.2) is 5.71 Å². The molecule has 2 aromatic carbocycles. The van der Waals surface area contributed by atoms with E-state index in [2.05, 4.69) is 20.6 Å². The number of thiazole rings is 1. The SMILES string of the molecule is CCOc1ccc(NN=C2C(=O)N(c3nc(-c4ccccc4)cs3)N=C2C)cc1. The third-order valence-corrected chi connectivity index (χ3v) is 5.01. The largest absolute Gasteiger partial charge is 0.494 e. The molecule has 7 nitrogen and oxygen atoms in total. The van der Waals surface area contributed by atoms with Crippen LogP contribution in [0.4, 0.5) is 10.8 Å². The molecule has 0 atom stereocenters. The Kier molecular flexibility index (Phi) is 5.35. The Morgan fingerprint density at radius 1 is 1.14 bits per heavy atom. The first kappa shape index (κ1) is 18.8. The van der Waals surface area contributed by atoms with E-state index in [4.69, 9.17) is 4.74 Å². The molecule has 1 amide bonds. The van der Waals surface area contributed by atoms with Crippen molar-refractivity contribution >= 4 is 39.5 Å². The van der Waals surface area contributed by atoms with Gasteiger partial charge in [0.2, 0.25) is 5.13 Å². The van der Waals surface area contributed by atoms with Crippen LogP contribution in [0.2, 0.25) is 0 Å². The van der Waals surface area contributed by atoms with Crippen LogP contribution in [-0.2, 0) is 4.79 Å². The van der Waals surface area contributed by atoms with Crippen LogP contribution in [0.5, 0.6) is 5.75 Å². The van der Waals surface area contributed by atoms with Gasteiger partial charge in [-0.15, -0.1) is 11.3 Å². The Labute approximate surface area is 172 Å². The van der Waals surface area contributed by atoms with Crippen LogP contribution in [0.1, 0.15) is 13.8 Å². The second kappa shape index (κ2) is 8.24. The molecule has 146 valence electrons. The van der Waals surface area contributed by atoms with Gasteiger partial charge in [0.05, 0.1) is 23.7 Å². The fourth-order valence-electron chi connectivity index (χ4n) is 2.77. The summed E-state index contributed by atoms with van der Waals surface area (Å²) >= 11 is 1.37. The third-order valence-electron chi connectivity index (χ3n) is 4.19. The Bertz CT molecular complexity index is 1070. The molecule has 0 bridgehead atoms. The van der Waals surface area contributed by atoms with Crippen LogP contribution in [0.15, 0.2) is 70.2 Å². The summed E-state index contributed by atoms with van der Waals surface area (Å²) < 4.78 is 5.42. The molecule has 0 spiro atoms. The predicted octanol–water partition coefficient (Wildman–Crippen LogP) is 4.40. The van der Waals surface area contributed by atoms with Crippen LogP contribution in [-0.4, -0.2) is 28.9 Å². The molecule has 0 aliphatic carbocycles. The van der Waals surface area contributed by atoms with E-state index < -0.39 is 0 Å². The first-order valence-corrected chi connectivity index (χ1v) is 10.0. The van der Waals surface area contributed by atoms with E-state index in [9.17, 15) is 4.79 Å². The summed E-state index contributed by atoms with van der Waals surface area (Å²) in [6, 6.07) is 17.2. The first-order chi connectivity index (χ1) is 14.2. The zero-order valence-corrected chi connectivity index (χ0v) is 16.8. The number of ether oxygens (including phenoxy) is 1. The average Bonchev–Trinajstić information content (AvgIpc) is 3.34. The van der Waals surface area contributed by atoms with Crippen LogP contribution in [0, 0.1) is 0 Å². The zero-order chi connectivity index (χ0) is 20.2. The molecule has 1 aliphatic heterocycles. The van der Waals surface area contributed by atoms with E-state index in [1.807, 2.05) is 66.9 Å². The molecular weight excluding hydrogens is 386 g/mol. The number of rotatable bonds is 6. The van der Waals surface area contributed by atoms with Crippen molar-refractivity contribution in [2.45, 2.75) is 13.8 Å². The molecule has 4 rings (SSSR count). The maximum atomic E-state index is 12.8. The molecule has 0 unspecified atom stereocenters. The molecule has 3 aromatic rings. The zero-order valence-electron chi connectivity index (χ0n) is 16.0. The topological polar surface area (TPSA) is 79.2 Å². The summed E-state index contributed by atoms with van der Waals surface area (Å²) in [6.07, 6.45) is 0. The van der Waals surface area contributed by atoms with Crippen molar-refractivity contribution in [1.29, 1.82) is 0 Å². The number of aromatic nitrogens is 1. The summed E-state index contributed by atoms with van der Waals surface area (Å²) in [5.74, 6) is 0.472. The highest BCUT2D eigenvalue weighted by molar-refractivity contribution is 7.14. The van der Waals surface area contributed by atoms with Gasteiger partial charge in [-0.3, -0.25) is 10.2 Å². The fraction of sp³-hybridized carbons (Fsp3) is 0.143. The summed E-state index contributed by atoms with van der Waals surface area (Å²) in [7, 11) is 0. The Morgan fingerprint density at radius 3 is 2.62 bits per heavy atom. The number of hydrogen-bond acceptors (Lipinski definition) is 7. The van der Waals surface area contributed by atoms with Crippen molar-refractivity contribution in [3.63, 3.8) is 0 Å². The van der Waals surface area contributed by atoms with E-state index in [0.717, 1.165) is 22.7 Å². The van der Waals surface area contributed by atoms with Crippen LogP contribution in [0.25, 0.3) is 11.3 Å². The van der Waals surface area contributed by atoms with Gasteiger partial charge < -0.3 is 4.74 Å². The van der Waals surface area contributed by atoms with Gasteiger partial charge >= 0.3 is 5.91 Å². The number of anilines is 2. The number of nitrogens with one attached hydrogen (secondary N) is 1. The Hall–Kier alpha value is -3.52. The van der Waals surface area contributed by atoms with Crippen LogP contribution < -0.4 is 15.2 Å². The van der Waals surface area contributed by atoms with Gasteiger partial charge in [-0.25, -0.2) is 4.98 Å². The van der Waals surface area contributed by atoms with Crippen molar-refractivity contribution in [1.82, 2.24) is 4.98 Å². The number of benzene rings is 2. The van der Waals surface area contributed by atoms with Crippen LogP contribution in [0.3, 0.4) is 0 Å². The van der Waals surface area contributed by atoms with Gasteiger partial charge in [0, 0.05) is 10.9 Å². The van der Waals surface area contributed by atoms with Crippen LogP contribution >= 0.6 is 11.3 Å². The highest BCUT2D eigenvalue weighted by Gasteiger charge is 2.32. The maximum absolute atomic E-state index is 12.8. The average molecular weight is 405 g/mol. The molecule has 0 fully saturated rings. The molecule has 0 saturated carbocycles. The first-order valence-electron chi connectivity index (χ1n) is 9.13. The number of amides is 1. The lowest BCUT2D eigenvalue weighted by Gasteiger charge is -2.07. The summed E-state index contributed by atoms with van der Waals surface area (Å²) in [5, 5.41) is 12.3. The summed E-state index contributed by atoms with van der Waals surface area (Å²) in [6.45, 7) is 4.29. The van der Waals surface area contributed by atoms with Gasteiger partial charge in [-0.2, -0.15) is 15.2 Å². The van der Waals surface area contributed by atoms with Crippen molar-refractivity contribution in [3.8, 4) is 17.0 Å². The smallest absolute Gasteiger partial charge is 0.303 e. The second-order valence-electron chi connectivity index (χ2n) is 6.21. The van der Waals surface area contributed by atoms with E-state index in [1.54, 1.807) is 6.92 Å². The lowest BCUT2D eigenvalue weighted by atomic mass is 10.2. The molecule has 29 heavy (non-hydrogen) atoms. The van der Waals surface area contributed by atoms with E-state index in [0.29, 0.717) is 17.5 Å². The molecule has 0 saturated heterocycles. The number of carbonyl (C=O) groups excluding carboxylic acids is 1. The van der Waals surface area contributed by atoms with E-state index in [-0.39, 0.29) is 11.6 Å². The number of hydrogen-bond donors (Lipinski definition) is 1. The van der Waals surface area contributed by atoms with Gasteiger partial charge in [0.25, 0.3) is 0 Å². The van der Waals surface area contributed by atoms with Gasteiger partial charge in [-0.05, 0) is 38.1 Å². The van der Waals surface area contributed by atoms with Crippen molar-refractivity contribution in [3.05, 3.63) is 60.0 Å². The summed E-state index contributed by atoms with van der Waals surface area (Å²) in [5.41, 5.74) is 6.25. The second-order valence-corrected chi connectivity index (χ2v) is 7.05. The van der Waals surface area contributed by atoms with Crippen molar-refractivity contribution in [2.75, 3.05) is 17.0 Å². The molecule has 1 aliphatic rings. The minimum Gasteiger partial charge on any atom is -0.494 e. The lowest BCUT2D eigenvalue weighted by molar-refractivity contribution is -0.112. The molecule has 1 N–H and O–H groups in total. The third kappa shape index (κ3) is 4.02. The minimum absolute atomic E-state index is 0.260. The number of carbonyl (C=O) groups is 1. The summed E-state index contributed by atoms with van der Waals surface area (Å²) in [4.78, 5) is 17.4. The highest BCUT2D eigenvalue weighted by atomic mass is 32.1. The molecular formula is C21H19N5O2S.